The molecule has 2 amide bonds. The number of likely N-dealkylation sites (N-methyl/N-ethyl adjacent to an activating group) is 1. The fraction of sp³-hybridized carbons (Fsp3) is 0.286. The number of para-hydroxylation sites is 1. The Morgan fingerprint density at radius 2 is 1.93 bits per heavy atom. The Morgan fingerprint density at radius 1 is 1.14 bits per heavy atom. The molecular formula is C21H18N2O6. The third kappa shape index (κ3) is 2.41. The summed E-state index contributed by atoms with van der Waals surface area (Å²) in [6, 6.07) is 12.1. The van der Waals surface area contributed by atoms with Crippen molar-refractivity contribution in [2.75, 3.05) is 18.7 Å². The van der Waals surface area contributed by atoms with Gasteiger partial charge in [-0.3, -0.25) is 14.5 Å². The Balaban J connectivity index is 1.46. The van der Waals surface area contributed by atoms with E-state index in [1.165, 1.54) is 16.8 Å². The van der Waals surface area contributed by atoms with Crippen LogP contribution in [0, 0.1) is 0 Å². The van der Waals surface area contributed by atoms with Crippen LogP contribution in [-0.2, 0) is 20.9 Å². The molecule has 29 heavy (non-hydrogen) atoms. The number of ether oxygens (including phenoxy) is 3. The number of fused-ring (bicyclic) bond motifs is 4. The van der Waals surface area contributed by atoms with Crippen LogP contribution in [0.3, 0.4) is 0 Å². The first kappa shape index (κ1) is 17.5. The second-order valence-electron chi connectivity index (χ2n) is 7.19. The highest BCUT2D eigenvalue weighted by molar-refractivity contribution is 6.15. The molecule has 0 bridgehead atoms. The molecule has 0 unspecified atom stereocenters. The number of amides is 2. The summed E-state index contributed by atoms with van der Waals surface area (Å²) in [5.74, 6) is 0.0727. The highest BCUT2D eigenvalue weighted by Gasteiger charge is 2.60. The van der Waals surface area contributed by atoms with E-state index in [1.807, 2.05) is 0 Å². The number of hydrogen-bond acceptors (Lipinski definition) is 6. The largest absolute Gasteiger partial charge is 0.458 e. The van der Waals surface area contributed by atoms with Crippen LogP contribution in [0.4, 0.5) is 5.69 Å². The van der Waals surface area contributed by atoms with Crippen LogP contribution in [0.2, 0.25) is 0 Å². The minimum Gasteiger partial charge on any atom is -0.458 e. The first-order chi connectivity index (χ1) is 14.0. The van der Waals surface area contributed by atoms with Crippen LogP contribution < -0.4 is 14.4 Å². The summed E-state index contributed by atoms with van der Waals surface area (Å²) in [5, 5.41) is 0. The maximum absolute atomic E-state index is 13.3. The lowest BCUT2D eigenvalue weighted by molar-refractivity contribution is -0.157. The van der Waals surface area contributed by atoms with Gasteiger partial charge in [0.05, 0.1) is 11.3 Å². The molecule has 3 heterocycles. The fourth-order valence-corrected chi connectivity index (χ4v) is 4.19. The van der Waals surface area contributed by atoms with E-state index in [9.17, 15) is 14.4 Å². The van der Waals surface area contributed by atoms with Crippen molar-refractivity contribution in [3.63, 3.8) is 0 Å². The summed E-state index contributed by atoms with van der Waals surface area (Å²) in [5.41, 5.74) is 0.0846. The number of rotatable bonds is 3. The topological polar surface area (TPSA) is 85.4 Å². The lowest BCUT2D eigenvalue weighted by atomic mass is 9.97. The minimum absolute atomic E-state index is 0.0110. The highest BCUT2D eigenvalue weighted by atomic mass is 16.7. The van der Waals surface area contributed by atoms with Gasteiger partial charge in [-0.05, 0) is 29.8 Å². The Kier molecular flexibility index (Phi) is 3.77. The molecule has 148 valence electrons. The molecule has 3 aliphatic rings. The van der Waals surface area contributed by atoms with E-state index in [0.717, 1.165) is 5.56 Å². The van der Waals surface area contributed by atoms with Gasteiger partial charge in [-0.2, -0.15) is 0 Å². The molecule has 3 aliphatic heterocycles. The molecule has 0 N–H and O–H groups in total. The summed E-state index contributed by atoms with van der Waals surface area (Å²) in [4.78, 5) is 41.6. The second kappa shape index (κ2) is 6.23. The molecule has 1 fully saturated rings. The van der Waals surface area contributed by atoms with E-state index in [-0.39, 0.29) is 38.1 Å². The number of nitrogens with zero attached hydrogens (tertiary/aromatic N) is 2. The molecule has 0 saturated carbocycles. The maximum atomic E-state index is 13.3. The third-order valence-electron chi connectivity index (χ3n) is 5.68. The van der Waals surface area contributed by atoms with Crippen LogP contribution in [0.5, 0.6) is 11.5 Å². The quantitative estimate of drug-likeness (QED) is 0.741. The van der Waals surface area contributed by atoms with Gasteiger partial charge in [0.1, 0.15) is 6.61 Å². The first-order valence-electron chi connectivity index (χ1n) is 9.28. The number of anilines is 1. The standard InChI is InChI=1S/C21H18N2O6/c1-22-19(25)14-4-2-3-5-15(14)23-18(24)8-9-21(22,23)20(26)27-11-13-6-7-16-17(10-13)29-12-28-16/h2-7,10H,8-9,11-12H2,1H3/t21-/m0/s1. The minimum atomic E-state index is -1.47. The van der Waals surface area contributed by atoms with Crippen molar-refractivity contribution in [3.8, 4) is 11.5 Å². The van der Waals surface area contributed by atoms with Crippen molar-refractivity contribution in [1.82, 2.24) is 4.90 Å². The molecule has 5 rings (SSSR count). The Labute approximate surface area is 166 Å². The lowest BCUT2D eigenvalue weighted by Crippen LogP contribution is -2.67. The van der Waals surface area contributed by atoms with Crippen molar-refractivity contribution in [1.29, 1.82) is 0 Å². The third-order valence-corrected chi connectivity index (χ3v) is 5.68. The van der Waals surface area contributed by atoms with Crippen LogP contribution >= 0.6 is 0 Å². The molecule has 1 atom stereocenters. The zero-order valence-corrected chi connectivity index (χ0v) is 15.7. The monoisotopic (exact) mass is 394 g/mol. The summed E-state index contributed by atoms with van der Waals surface area (Å²) in [6.45, 7) is 0.147. The van der Waals surface area contributed by atoms with Gasteiger partial charge < -0.3 is 19.1 Å². The van der Waals surface area contributed by atoms with Crippen molar-refractivity contribution < 1.29 is 28.6 Å². The van der Waals surface area contributed by atoms with Crippen LogP contribution in [0.15, 0.2) is 42.5 Å². The van der Waals surface area contributed by atoms with Gasteiger partial charge in [0, 0.05) is 19.9 Å². The number of carbonyl (C=O) groups excluding carboxylic acids is 3. The molecule has 0 radical (unpaired) electrons. The van der Waals surface area contributed by atoms with Gasteiger partial charge in [0.25, 0.3) is 5.91 Å². The molecule has 2 aromatic rings. The van der Waals surface area contributed by atoms with E-state index in [1.54, 1.807) is 42.5 Å². The number of hydrogen-bond donors (Lipinski definition) is 0. The molecule has 0 spiro atoms. The first-order valence-corrected chi connectivity index (χ1v) is 9.28. The van der Waals surface area contributed by atoms with E-state index >= 15 is 0 Å². The molecular weight excluding hydrogens is 376 g/mol. The van der Waals surface area contributed by atoms with Gasteiger partial charge in [0.15, 0.2) is 11.5 Å². The van der Waals surface area contributed by atoms with Gasteiger partial charge in [-0.1, -0.05) is 18.2 Å². The number of carbonyl (C=O) groups is 3. The van der Waals surface area contributed by atoms with Gasteiger partial charge in [-0.25, -0.2) is 4.79 Å². The normalized spacial score (nSPS) is 21.8. The summed E-state index contributed by atoms with van der Waals surface area (Å²) in [6.07, 6.45) is 0.341. The Hall–Kier alpha value is -3.55. The van der Waals surface area contributed by atoms with Gasteiger partial charge in [0.2, 0.25) is 18.4 Å². The molecule has 8 heteroatoms. The SMILES string of the molecule is CN1C(=O)c2ccccc2N2C(=O)CC[C@]12C(=O)OCc1ccc2c(c1)OCO2. The predicted octanol–water partition coefficient (Wildman–Crippen LogP) is 2.07. The highest BCUT2D eigenvalue weighted by Crippen LogP contribution is 2.44. The Bertz CT molecular complexity index is 1050. The second-order valence-corrected chi connectivity index (χ2v) is 7.19. The number of esters is 1. The fourth-order valence-electron chi connectivity index (χ4n) is 4.19. The van der Waals surface area contributed by atoms with Crippen molar-refractivity contribution in [2.24, 2.45) is 0 Å². The van der Waals surface area contributed by atoms with E-state index in [0.29, 0.717) is 22.7 Å². The zero-order valence-electron chi connectivity index (χ0n) is 15.7. The average Bonchev–Trinajstić information content (AvgIpc) is 3.35. The van der Waals surface area contributed by atoms with Gasteiger partial charge >= 0.3 is 5.97 Å². The maximum Gasteiger partial charge on any atom is 0.354 e. The van der Waals surface area contributed by atoms with Crippen molar-refractivity contribution >= 4 is 23.5 Å². The van der Waals surface area contributed by atoms with Crippen LogP contribution in [0.25, 0.3) is 0 Å². The lowest BCUT2D eigenvalue weighted by Gasteiger charge is -2.46. The smallest absolute Gasteiger partial charge is 0.354 e. The molecule has 2 aromatic carbocycles. The average molecular weight is 394 g/mol. The van der Waals surface area contributed by atoms with Crippen LogP contribution in [0.1, 0.15) is 28.8 Å². The predicted molar refractivity (Wildman–Crippen MR) is 100 cm³/mol. The molecule has 8 nitrogen and oxygen atoms in total. The van der Waals surface area contributed by atoms with Crippen molar-refractivity contribution in [3.05, 3.63) is 53.6 Å². The van der Waals surface area contributed by atoms with Crippen molar-refractivity contribution in [2.45, 2.75) is 25.1 Å². The van der Waals surface area contributed by atoms with Gasteiger partial charge in [-0.15, -0.1) is 0 Å². The van der Waals surface area contributed by atoms with Crippen LogP contribution in [-0.4, -0.2) is 42.2 Å². The van der Waals surface area contributed by atoms with E-state index < -0.39 is 11.6 Å². The zero-order chi connectivity index (χ0) is 20.2. The summed E-state index contributed by atoms with van der Waals surface area (Å²) >= 11 is 0. The van der Waals surface area contributed by atoms with E-state index in [4.69, 9.17) is 14.2 Å². The van der Waals surface area contributed by atoms with E-state index in [2.05, 4.69) is 0 Å². The molecule has 1 saturated heterocycles. The summed E-state index contributed by atoms with van der Waals surface area (Å²) in [7, 11) is 1.53. The number of benzene rings is 2. The summed E-state index contributed by atoms with van der Waals surface area (Å²) < 4.78 is 16.2. The Morgan fingerprint density at radius 3 is 2.79 bits per heavy atom. The molecule has 0 aliphatic carbocycles. The molecule has 0 aromatic heterocycles.